The van der Waals surface area contributed by atoms with Crippen molar-refractivity contribution in [3.63, 3.8) is 0 Å². The number of hydrogen-bond acceptors (Lipinski definition) is 5. The van der Waals surface area contributed by atoms with Crippen LogP contribution in [0.2, 0.25) is 0 Å². The molecule has 122 valence electrons. The summed E-state index contributed by atoms with van der Waals surface area (Å²) in [5, 5.41) is 0. The molecule has 0 bridgehead atoms. The Morgan fingerprint density at radius 1 is 1.24 bits per heavy atom. The molecule has 0 aliphatic rings. The lowest BCUT2D eigenvalue weighted by Gasteiger charge is -2.29. The molecule has 1 aromatic heterocycles. The summed E-state index contributed by atoms with van der Waals surface area (Å²) in [6.07, 6.45) is 0. The summed E-state index contributed by atoms with van der Waals surface area (Å²) in [6.45, 7) is 8.38. The number of furan rings is 1. The average molecular weight is 317 g/mol. The van der Waals surface area contributed by atoms with Crippen LogP contribution in [0.1, 0.15) is 30.9 Å². The topological polar surface area (TPSA) is 79.8 Å². The molecule has 0 spiro atoms. The van der Waals surface area contributed by atoms with E-state index in [1.165, 1.54) is 4.31 Å². The van der Waals surface area contributed by atoms with Crippen LogP contribution in [0.25, 0.3) is 0 Å². The van der Waals surface area contributed by atoms with Crippen molar-refractivity contribution in [2.45, 2.75) is 45.2 Å². The van der Waals surface area contributed by atoms with E-state index in [0.29, 0.717) is 30.2 Å². The molecule has 0 amide bonds. The molecule has 0 aromatic carbocycles. The molecular weight excluding hydrogens is 290 g/mol. The lowest BCUT2D eigenvalue weighted by atomic mass is 10.2. The quantitative estimate of drug-likeness (QED) is 0.820. The lowest BCUT2D eigenvalue weighted by molar-refractivity contribution is 0.271. The van der Waals surface area contributed by atoms with Crippen molar-refractivity contribution in [1.29, 1.82) is 0 Å². The molecule has 6 nitrogen and oxygen atoms in total. The molecule has 1 unspecified atom stereocenters. The van der Waals surface area contributed by atoms with E-state index >= 15 is 0 Å². The molecule has 1 rings (SSSR count). The van der Waals surface area contributed by atoms with E-state index in [1.54, 1.807) is 13.8 Å². The van der Waals surface area contributed by atoms with Crippen LogP contribution in [0, 0.1) is 13.8 Å². The van der Waals surface area contributed by atoms with Crippen LogP contribution in [0.15, 0.2) is 9.31 Å². The number of hydrogen-bond donors (Lipinski definition) is 1. The first kappa shape index (κ1) is 18.2. The van der Waals surface area contributed by atoms with Crippen molar-refractivity contribution in [3.8, 4) is 0 Å². The van der Waals surface area contributed by atoms with E-state index in [-0.39, 0.29) is 17.5 Å². The van der Waals surface area contributed by atoms with Crippen LogP contribution in [0.5, 0.6) is 0 Å². The van der Waals surface area contributed by atoms with E-state index in [1.807, 2.05) is 32.8 Å². The maximum atomic E-state index is 13.0. The second-order valence-corrected chi connectivity index (χ2v) is 7.37. The molecule has 1 atom stereocenters. The van der Waals surface area contributed by atoms with Gasteiger partial charge in [-0.2, -0.15) is 4.31 Å². The smallest absolute Gasteiger partial charge is 0.247 e. The van der Waals surface area contributed by atoms with Gasteiger partial charge in [0.15, 0.2) is 0 Å². The summed E-state index contributed by atoms with van der Waals surface area (Å²) < 4.78 is 33.0. The molecule has 0 saturated heterocycles. The first-order valence-electron chi connectivity index (χ1n) is 7.12. The summed E-state index contributed by atoms with van der Waals surface area (Å²) in [6, 6.07) is -0.129. The predicted octanol–water partition coefficient (Wildman–Crippen LogP) is 1.32. The highest BCUT2D eigenvalue weighted by molar-refractivity contribution is 7.89. The van der Waals surface area contributed by atoms with Gasteiger partial charge in [-0.15, -0.1) is 0 Å². The summed E-state index contributed by atoms with van der Waals surface area (Å²) in [7, 11) is 0.237. The van der Waals surface area contributed by atoms with Gasteiger partial charge in [-0.3, -0.25) is 0 Å². The largest absolute Gasteiger partial charge is 0.465 e. The third-order valence-corrected chi connectivity index (χ3v) is 5.81. The summed E-state index contributed by atoms with van der Waals surface area (Å²) in [5.74, 6) is 0.980. The van der Waals surface area contributed by atoms with Crippen LogP contribution < -0.4 is 5.73 Å². The minimum Gasteiger partial charge on any atom is -0.465 e. The molecule has 21 heavy (non-hydrogen) atoms. The Morgan fingerprint density at radius 3 is 2.24 bits per heavy atom. The van der Waals surface area contributed by atoms with Crippen molar-refractivity contribution in [3.05, 3.63) is 17.1 Å². The maximum Gasteiger partial charge on any atom is 0.247 e. The molecule has 1 aromatic rings. The predicted molar refractivity (Wildman–Crippen MR) is 83.7 cm³/mol. The van der Waals surface area contributed by atoms with E-state index in [4.69, 9.17) is 10.2 Å². The monoisotopic (exact) mass is 317 g/mol. The number of nitrogens with zero attached hydrogens (tertiary/aromatic N) is 2. The minimum absolute atomic E-state index is 0.129. The van der Waals surface area contributed by atoms with Gasteiger partial charge in [0.05, 0.1) is 0 Å². The van der Waals surface area contributed by atoms with Crippen LogP contribution in [-0.2, 0) is 16.6 Å². The zero-order chi connectivity index (χ0) is 16.4. The third-order valence-electron chi connectivity index (χ3n) is 3.53. The number of nitrogens with two attached hydrogens (primary N) is 1. The Labute approximate surface area is 127 Å². The summed E-state index contributed by atoms with van der Waals surface area (Å²) in [4.78, 5) is 2.20. The highest BCUT2D eigenvalue weighted by Gasteiger charge is 2.33. The minimum atomic E-state index is -3.62. The van der Waals surface area contributed by atoms with Crippen LogP contribution in [-0.4, -0.2) is 50.8 Å². The zero-order valence-electron chi connectivity index (χ0n) is 13.8. The maximum absolute atomic E-state index is 13.0. The van der Waals surface area contributed by atoms with Crippen LogP contribution >= 0.6 is 0 Å². The first-order chi connectivity index (χ1) is 9.66. The normalized spacial score (nSPS) is 14.1. The second kappa shape index (κ2) is 6.91. The van der Waals surface area contributed by atoms with Gasteiger partial charge < -0.3 is 15.1 Å². The average Bonchev–Trinajstić information content (AvgIpc) is 2.63. The molecule has 0 radical (unpaired) electrons. The zero-order valence-corrected chi connectivity index (χ0v) is 14.6. The van der Waals surface area contributed by atoms with Gasteiger partial charge in [0.25, 0.3) is 0 Å². The number of rotatable bonds is 7. The third kappa shape index (κ3) is 3.66. The Hall–Kier alpha value is -0.890. The molecule has 0 saturated carbocycles. The second-order valence-electron chi connectivity index (χ2n) is 5.55. The van der Waals surface area contributed by atoms with Crippen LogP contribution in [0.4, 0.5) is 0 Å². The van der Waals surface area contributed by atoms with Crippen LogP contribution in [0.3, 0.4) is 0 Å². The fraction of sp³-hybridized carbons (Fsp3) is 0.714. The van der Waals surface area contributed by atoms with Crippen molar-refractivity contribution in [2.24, 2.45) is 5.73 Å². The van der Waals surface area contributed by atoms with E-state index in [0.717, 1.165) is 0 Å². The fourth-order valence-corrected chi connectivity index (χ4v) is 4.80. The van der Waals surface area contributed by atoms with Gasteiger partial charge in [-0.05, 0) is 34.9 Å². The number of sulfonamides is 1. The van der Waals surface area contributed by atoms with Crippen molar-refractivity contribution < 1.29 is 12.8 Å². The van der Waals surface area contributed by atoms with Gasteiger partial charge in [-0.1, -0.05) is 6.92 Å². The van der Waals surface area contributed by atoms with E-state index in [9.17, 15) is 8.42 Å². The van der Waals surface area contributed by atoms with Gasteiger partial charge in [0.1, 0.15) is 16.4 Å². The van der Waals surface area contributed by atoms with Gasteiger partial charge in [-0.25, -0.2) is 8.42 Å². The van der Waals surface area contributed by atoms with Crippen molar-refractivity contribution in [1.82, 2.24) is 9.21 Å². The SMILES string of the molecule is CCN(C(C)CN(C)C)S(=O)(=O)c1c(C)oc(C)c1CN. The fourth-order valence-electron chi connectivity index (χ4n) is 2.74. The lowest BCUT2D eigenvalue weighted by Crippen LogP contribution is -2.44. The summed E-state index contributed by atoms with van der Waals surface area (Å²) in [5.41, 5.74) is 6.28. The summed E-state index contributed by atoms with van der Waals surface area (Å²) >= 11 is 0. The highest BCUT2D eigenvalue weighted by atomic mass is 32.2. The molecular formula is C14H27N3O3S. The molecule has 0 aliphatic carbocycles. The van der Waals surface area contributed by atoms with E-state index in [2.05, 4.69) is 0 Å². The molecule has 1 heterocycles. The van der Waals surface area contributed by atoms with Crippen molar-refractivity contribution in [2.75, 3.05) is 27.2 Å². The standard InChI is InChI=1S/C14H27N3O3S/c1-7-17(10(2)9-16(5)6)21(18,19)14-12(4)20-11(3)13(14)8-15/h10H,7-9,15H2,1-6H3. The molecule has 7 heteroatoms. The highest BCUT2D eigenvalue weighted by Crippen LogP contribution is 2.29. The Bertz CT molecular complexity index is 579. The van der Waals surface area contributed by atoms with E-state index < -0.39 is 10.0 Å². The Morgan fingerprint density at radius 2 is 1.81 bits per heavy atom. The molecule has 2 N–H and O–H groups in total. The van der Waals surface area contributed by atoms with Gasteiger partial charge >= 0.3 is 0 Å². The van der Waals surface area contributed by atoms with Gasteiger partial charge in [0.2, 0.25) is 10.0 Å². The van der Waals surface area contributed by atoms with Crippen molar-refractivity contribution >= 4 is 10.0 Å². The Balaban J connectivity index is 3.32. The first-order valence-corrected chi connectivity index (χ1v) is 8.56. The Kier molecular flexibility index (Phi) is 5.98. The number of aryl methyl sites for hydroxylation is 2. The molecule has 0 fully saturated rings. The molecule has 0 aliphatic heterocycles. The van der Waals surface area contributed by atoms with Gasteiger partial charge in [0, 0.05) is 31.2 Å². The number of likely N-dealkylation sites (N-methyl/N-ethyl adjacent to an activating group) is 2.